The van der Waals surface area contributed by atoms with E-state index in [1.165, 1.54) is 0 Å². The Morgan fingerprint density at radius 2 is 1.96 bits per heavy atom. The maximum atomic E-state index is 10.5. The fourth-order valence-electron chi connectivity index (χ4n) is 3.44. The molecule has 2 aromatic rings. The first-order valence-corrected chi connectivity index (χ1v) is 9.04. The summed E-state index contributed by atoms with van der Waals surface area (Å²) in [6, 6.07) is 7.67. The van der Waals surface area contributed by atoms with E-state index in [1.54, 1.807) is 19.5 Å². The second kappa shape index (κ2) is 8.61. The lowest BCUT2D eigenvalue weighted by Crippen LogP contribution is -2.33. The van der Waals surface area contributed by atoms with Gasteiger partial charge in [-0.25, -0.2) is 9.97 Å². The Morgan fingerprint density at radius 1 is 1.24 bits per heavy atom. The number of aliphatic hydroxyl groups excluding tert-OH is 1. The van der Waals surface area contributed by atoms with E-state index in [0.717, 1.165) is 50.0 Å². The SMILES string of the molecule is COc1ncccc1CN1CCC(CC(O)c2cccnc2Cl)CC1. The number of rotatable bonds is 6. The zero-order chi connectivity index (χ0) is 17.6. The van der Waals surface area contributed by atoms with E-state index in [9.17, 15) is 5.11 Å². The third-order valence-corrected chi connectivity index (χ3v) is 5.16. The number of pyridine rings is 2. The molecule has 134 valence electrons. The highest BCUT2D eigenvalue weighted by Gasteiger charge is 2.24. The van der Waals surface area contributed by atoms with E-state index in [0.29, 0.717) is 17.0 Å². The standard InChI is InChI=1S/C19H24ClN3O2/c1-25-19-15(4-2-9-22-19)13-23-10-6-14(7-11-23)12-17(24)16-5-3-8-21-18(16)20/h2-5,8-9,14,17,24H,6-7,10-13H2,1H3. The molecule has 3 rings (SSSR count). The monoisotopic (exact) mass is 361 g/mol. The second-order valence-corrected chi connectivity index (χ2v) is 6.88. The van der Waals surface area contributed by atoms with Gasteiger partial charge in [0.15, 0.2) is 0 Å². The molecule has 0 radical (unpaired) electrons. The summed E-state index contributed by atoms with van der Waals surface area (Å²) in [5.74, 6) is 1.20. The van der Waals surface area contributed by atoms with Crippen LogP contribution in [0, 0.1) is 5.92 Å². The number of methoxy groups -OCH3 is 1. The Hall–Kier alpha value is -1.69. The highest BCUT2D eigenvalue weighted by atomic mass is 35.5. The smallest absolute Gasteiger partial charge is 0.217 e. The molecular weight excluding hydrogens is 338 g/mol. The number of likely N-dealkylation sites (tertiary alicyclic amines) is 1. The zero-order valence-electron chi connectivity index (χ0n) is 14.4. The zero-order valence-corrected chi connectivity index (χ0v) is 15.2. The number of ether oxygens (including phenoxy) is 1. The van der Waals surface area contributed by atoms with E-state index < -0.39 is 6.10 Å². The van der Waals surface area contributed by atoms with Crippen molar-refractivity contribution in [3.8, 4) is 5.88 Å². The van der Waals surface area contributed by atoms with E-state index in [2.05, 4.69) is 20.9 Å². The molecule has 25 heavy (non-hydrogen) atoms. The van der Waals surface area contributed by atoms with Crippen molar-refractivity contribution in [3.63, 3.8) is 0 Å². The predicted molar refractivity (Wildman–Crippen MR) is 97.6 cm³/mol. The summed E-state index contributed by atoms with van der Waals surface area (Å²) < 4.78 is 5.33. The van der Waals surface area contributed by atoms with Crippen molar-refractivity contribution in [3.05, 3.63) is 52.9 Å². The lowest BCUT2D eigenvalue weighted by Gasteiger charge is -2.33. The molecule has 1 atom stereocenters. The summed E-state index contributed by atoms with van der Waals surface area (Å²) >= 11 is 6.08. The lowest BCUT2D eigenvalue weighted by atomic mass is 9.89. The third kappa shape index (κ3) is 4.69. The van der Waals surface area contributed by atoms with Crippen molar-refractivity contribution in [2.45, 2.75) is 31.9 Å². The average Bonchev–Trinajstić information content (AvgIpc) is 2.64. The molecule has 1 aliphatic heterocycles. The predicted octanol–water partition coefficient (Wildman–Crippen LogP) is 3.47. The minimum Gasteiger partial charge on any atom is -0.481 e. The Bertz CT molecular complexity index is 690. The molecule has 6 heteroatoms. The highest BCUT2D eigenvalue weighted by molar-refractivity contribution is 6.30. The van der Waals surface area contributed by atoms with Crippen LogP contribution < -0.4 is 4.74 Å². The van der Waals surface area contributed by atoms with Crippen molar-refractivity contribution < 1.29 is 9.84 Å². The first-order valence-electron chi connectivity index (χ1n) is 8.66. The largest absolute Gasteiger partial charge is 0.481 e. The van der Waals surface area contributed by atoms with Gasteiger partial charge in [-0.05, 0) is 50.4 Å². The molecular formula is C19H24ClN3O2. The average molecular weight is 362 g/mol. The van der Waals surface area contributed by atoms with Gasteiger partial charge in [0.1, 0.15) is 5.15 Å². The fraction of sp³-hybridized carbons (Fsp3) is 0.474. The molecule has 0 bridgehead atoms. The number of hydrogen-bond acceptors (Lipinski definition) is 5. The molecule has 0 aromatic carbocycles. The second-order valence-electron chi connectivity index (χ2n) is 6.53. The molecule has 0 spiro atoms. The van der Waals surface area contributed by atoms with Gasteiger partial charge in [-0.2, -0.15) is 0 Å². The van der Waals surface area contributed by atoms with E-state index in [-0.39, 0.29) is 0 Å². The van der Waals surface area contributed by atoms with Gasteiger partial charge in [-0.3, -0.25) is 4.90 Å². The molecule has 0 aliphatic carbocycles. The van der Waals surface area contributed by atoms with Crippen LogP contribution in [0.1, 0.15) is 36.5 Å². The van der Waals surface area contributed by atoms with Gasteiger partial charge in [-0.1, -0.05) is 23.7 Å². The summed E-state index contributed by atoms with van der Waals surface area (Å²) in [7, 11) is 1.66. The Morgan fingerprint density at radius 3 is 2.68 bits per heavy atom. The van der Waals surface area contributed by atoms with Gasteiger partial charge in [-0.15, -0.1) is 0 Å². The van der Waals surface area contributed by atoms with Gasteiger partial charge in [0, 0.05) is 30.1 Å². The Kier molecular flexibility index (Phi) is 6.24. The molecule has 1 aliphatic rings. The number of hydrogen-bond donors (Lipinski definition) is 1. The number of aliphatic hydroxyl groups is 1. The summed E-state index contributed by atoms with van der Waals surface area (Å²) in [6.45, 7) is 2.87. The number of piperidine rings is 1. The van der Waals surface area contributed by atoms with Gasteiger partial charge in [0.2, 0.25) is 5.88 Å². The molecule has 5 nitrogen and oxygen atoms in total. The van der Waals surface area contributed by atoms with E-state index in [1.807, 2.05) is 18.2 Å². The van der Waals surface area contributed by atoms with Gasteiger partial charge < -0.3 is 9.84 Å². The van der Waals surface area contributed by atoms with Crippen molar-refractivity contribution in [2.75, 3.05) is 20.2 Å². The minimum absolute atomic E-state index is 0.399. The molecule has 1 unspecified atom stereocenters. The third-order valence-electron chi connectivity index (χ3n) is 4.85. The molecule has 2 aromatic heterocycles. The van der Waals surface area contributed by atoms with Crippen LogP contribution in [0.4, 0.5) is 0 Å². The topological polar surface area (TPSA) is 58.5 Å². The van der Waals surface area contributed by atoms with Crippen LogP contribution in [-0.4, -0.2) is 40.2 Å². The summed E-state index contributed by atoms with van der Waals surface area (Å²) in [5.41, 5.74) is 1.84. The van der Waals surface area contributed by atoms with Crippen LogP contribution in [0.15, 0.2) is 36.7 Å². The van der Waals surface area contributed by atoms with Crippen molar-refractivity contribution >= 4 is 11.6 Å². The van der Waals surface area contributed by atoms with Crippen molar-refractivity contribution in [2.24, 2.45) is 5.92 Å². The van der Waals surface area contributed by atoms with Crippen LogP contribution in [0.5, 0.6) is 5.88 Å². The maximum absolute atomic E-state index is 10.5. The van der Waals surface area contributed by atoms with E-state index in [4.69, 9.17) is 16.3 Å². The van der Waals surface area contributed by atoms with Crippen LogP contribution in [0.2, 0.25) is 5.15 Å². The van der Waals surface area contributed by atoms with Gasteiger partial charge >= 0.3 is 0 Å². The number of halogens is 1. The molecule has 0 amide bonds. The summed E-state index contributed by atoms with van der Waals surface area (Å²) in [4.78, 5) is 10.7. The lowest BCUT2D eigenvalue weighted by molar-refractivity contribution is 0.105. The van der Waals surface area contributed by atoms with Crippen LogP contribution in [0.3, 0.4) is 0 Å². The first kappa shape index (κ1) is 18.1. The molecule has 1 fully saturated rings. The van der Waals surface area contributed by atoms with Crippen LogP contribution in [-0.2, 0) is 6.54 Å². The summed E-state index contributed by atoms with van der Waals surface area (Å²) in [5, 5.41) is 10.9. The van der Waals surface area contributed by atoms with Crippen LogP contribution in [0.25, 0.3) is 0 Å². The molecule has 3 heterocycles. The fourth-order valence-corrected chi connectivity index (χ4v) is 3.68. The van der Waals surface area contributed by atoms with Crippen molar-refractivity contribution in [1.82, 2.24) is 14.9 Å². The molecule has 0 saturated carbocycles. The molecule has 1 saturated heterocycles. The minimum atomic E-state index is -0.545. The van der Waals surface area contributed by atoms with E-state index >= 15 is 0 Å². The molecule has 1 N–H and O–H groups in total. The van der Waals surface area contributed by atoms with Gasteiger partial charge in [0.25, 0.3) is 0 Å². The Labute approximate surface area is 153 Å². The highest BCUT2D eigenvalue weighted by Crippen LogP contribution is 2.31. The quantitative estimate of drug-likeness (QED) is 0.798. The van der Waals surface area contributed by atoms with Crippen LogP contribution >= 0.6 is 11.6 Å². The number of aromatic nitrogens is 2. The Balaban J connectivity index is 1.51. The first-order chi connectivity index (χ1) is 12.2. The maximum Gasteiger partial charge on any atom is 0.217 e. The summed E-state index contributed by atoms with van der Waals surface area (Å²) in [6.07, 6.45) is 5.71. The van der Waals surface area contributed by atoms with Gasteiger partial charge in [0.05, 0.1) is 13.2 Å². The normalized spacial score (nSPS) is 17.4. The number of nitrogens with zero attached hydrogens (tertiary/aromatic N) is 3. The van der Waals surface area contributed by atoms with Crippen molar-refractivity contribution in [1.29, 1.82) is 0 Å².